The maximum atomic E-state index is 12.8. The molecule has 2 heterocycles. The van der Waals surface area contributed by atoms with Crippen molar-refractivity contribution in [2.75, 3.05) is 11.4 Å². The van der Waals surface area contributed by atoms with Gasteiger partial charge in [-0.2, -0.15) is 0 Å². The molecular formula is C16H20N4O. The van der Waals surface area contributed by atoms with E-state index in [2.05, 4.69) is 18.0 Å². The molecule has 2 aromatic rings. The minimum atomic E-state index is -0.0366. The predicted octanol–water partition coefficient (Wildman–Crippen LogP) is 1.82. The fourth-order valence-corrected chi connectivity index (χ4v) is 2.86. The Morgan fingerprint density at radius 2 is 2.24 bits per heavy atom. The molecule has 1 aromatic heterocycles. The van der Waals surface area contributed by atoms with Crippen LogP contribution in [0.2, 0.25) is 0 Å². The molecule has 1 aromatic carbocycles. The average Bonchev–Trinajstić information content (AvgIpc) is 2.96. The van der Waals surface area contributed by atoms with Gasteiger partial charge in [-0.25, -0.2) is 4.98 Å². The molecule has 0 saturated carbocycles. The molecule has 1 aliphatic rings. The van der Waals surface area contributed by atoms with Crippen molar-refractivity contribution in [2.24, 2.45) is 5.73 Å². The summed E-state index contributed by atoms with van der Waals surface area (Å²) in [5, 5.41) is 0. The van der Waals surface area contributed by atoms with E-state index in [0.717, 1.165) is 18.5 Å². The summed E-state index contributed by atoms with van der Waals surface area (Å²) in [7, 11) is 0. The molecule has 3 rings (SSSR count). The summed E-state index contributed by atoms with van der Waals surface area (Å²) in [6.07, 6.45) is 5.44. The van der Waals surface area contributed by atoms with Gasteiger partial charge >= 0.3 is 0 Å². The summed E-state index contributed by atoms with van der Waals surface area (Å²) in [5.74, 6) is -0.0366. The van der Waals surface area contributed by atoms with E-state index in [1.807, 2.05) is 27.7 Å². The highest BCUT2D eigenvalue weighted by Crippen LogP contribution is 2.31. The third kappa shape index (κ3) is 2.56. The Kier molecular flexibility index (Phi) is 3.75. The van der Waals surface area contributed by atoms with Crippen LogP contribution in [-0.2, 0) is 13.0 Å². The summed E-state index contributed by atoms with van der Waals surface area (Å²) in [5.41, 5.74) is 8.24. The van der Waals surface area contributed by atoms with Gasteiger partial charge in [-0.05, 0) is 31.4 Å². The molecule has 0 fully saturated rings. The molecule has 1 atom stereocenters. The maximum absolute atomic E-state index is 12.8. The number of carbonyl (C=O) groups is 1. The molecule has 0 spiro atoms. The number of hydrogen-bond donors (Lipinski definition) is 1. The smallest absolute Gasteiger partial charge is 0.278 e. The fourth-order valence-electron chi connectivity index (χ4n) is 2.86. The van der Waals surface area contributed by atoms with Crippen LogP contribution in [0.4, 0.5) is 5.69 Å². The zero-order valence-corrected chi connectivity index (χ0v) is 12.2. The van der Waals surface area contributed by atoms with Gasteiger partial charge in [0, 0.05) is 31.0 Å². The van der Waals surface area contributed by atoms with E-state index in [-0.39, 0.29) is 11.9 Å². The third-order valence-electron chi connectivity index (χ3n) is 3.98. The van der Waals surface area contributed by atoms with Crippen LogP contribution in [0.5, 0.6) is 0 Å². The number of rotatable bonds is 3. The first-order chi connectivity index (χ1) is 10.2. The zero-order chi connectivity index (χ0) is 14.8. The molecule has 0 radical (unpaired) electrons. The Balaban J connectivity index is 1.92. The van der Waals surface area contributed by atoms with Crippen molar-refractivity contribution in [2.45, 2.75) is 32.4 Å². The normalized spacial score (nSPS) is 17.6. The molecule has 1 unspecified atom stereocenters. The highest BCUT2D eigenvalue weighted by molar-refractivity contribution is 6.05. The number of para-hydroxylation sites is 1. The van der Waals surface area contributed by atoms with Crippen LogP contribution in [0, 0.1) is 0 Å². The number of fused-ring (bicyclic) bond motifs is 1. The van der Waals surface area contributed by atoms with E-state index < -0.39 is 0 Å². The predicted molar refractivity (Wildman–Crippen MR) is 82.3 cm³/mol. The second kappa shape index (κ2) is 5.69. The summed E-state index contributed by atoms with van der Waals surface area (Å²) >= 11 is 0. The minimum absolute atomic E-state index is 0.0366. The van der Waals surface area contributed by atoms with Gasteiger partial charge in [-0.1, -0.05) is 18.2 Å². The summed E-state index contributed by atoms with van der Waals surface area (Å²) < 4.78 is 1.85. The van der Waals surface area contributed by atoms with Crippen LogP contribution >= 0.6 is 0 Å². The molecule has 5 heteroatoms. The number of aromatic nitrogens is 2. The van der Waals surface area contributed by atoms with Gasteiger partial charge in [0.05, 0.1) is 6.33 Å². The monoisotopic (exact) mass is 284 g/mol. The van der Waals surface area contributed by atoms with Crippen molar-refractivity contribution >= 4 is 11.6 Å². The SMILES string of the molecule is CC1CCc2ccccc2N1C(=O)c1cn(CCN)cn1. The highest BCUT2D eigenvalue weighted by atomic mass is 16.2. The molecule has 0 aliphatic carbocycles. The van der Waals surface area contributed by atoms with E-state index >= 15 is 0 Å². The Morgan fingerprint density at radius 1 is 1.43 bits per heavy atom. The molecule has 1 aliphatic heterocycles. The zero-order valence-electron chi connectivity index (χ0n) is 12.2. The van der Waals surface area contributed by atoms with Crippen molar-refractivity contribution in [1.82, 2.24) is 9.55 Å². The lowest BCUT2D eigenvalue weighted by Crippen LogP contribution is -2.42. The van der Waals surface area contributed by atoms with Crippen molar-refractivity contribution < 1.29 is 4.79 Å². The number of aryl methyl sites for hydroxylation is 1. The first-order valence-corrected chi connectivity index (χ1v) is 7.34. The first-order valence-electron chi connectivity index (χ1n) is 7.34. The summed E-state index contributed by atoms with van der Waals surface area (Å²) in [6.45, 7) is 3.30. The third-order valence-corrected chi connectivity index (χ3v) is 3.98. The second-order valence-corrected chi connectivity index (χ2v) is 5.48. The lowest BCUT2D eigenvalue weighted by molar-refractivity contribution is 0.0970. The number of benzene rings is 1. The molecule has 5 nitrogen and oxygen atoms in total. The van der Waals surface area contributed by atoms with Crippen molar-refractivity contribution in [3.63, 3.8) is 0 Å². The minimum Gasteiger partial charge on any atom is -0.335 e. The van der Waals surface area contributed by atoms with Crippen molar-refractivity contribution in [3.05, 3.63) is 48.0 Å². The van der Waals surface area contributed by atoms with E-state index in [1.54, 1.807) is 12.5 Å². The van der Waals surface area contributed by atoms with Gasteiger partial charge < -0.3 is 15.2 Å². The maximum Gasteiger partial charge on any atom is 0.278 e. The van der Waals surface area contributed by atoms with Gasteiger partial charge in [0.25, 0.3) is 5.91 Å². The number of nitrogens with two attached hydrogens (primary N) is 1. The summed E-state index contributed by atoms with van der Waals surface area (Å²) in [4.78, 5) is 18.9. The summed E-state index contributed by atoms with van der Waals surface area (Å²) in [6, 6.07) is 8.29. The largest absolute Gasteiger partial charge is 0.335 e. The van der Waals surface area contributed by atoms with Gasteiger partial charge in [0.2, 0.25) is 0 Å². The Bertz CT molecular complexity index is 649. The second-order valence-electron chi connectivity index (χ2n) is 5.48. The van der Waals surface area contributed by atoms with Crippen LogP contribution in [0.25, 0.3) is 0 Å². The van der Waals surface area contributed by atoms with Gasteiger partial charge in [0.1, 0.15) is 5.69 Å². The van der Waals surface area contributed by atoms with Crippen LogP contribution in [0.15, 0.2) is 36.8 Å². The Labute approximate surface area is 124 Å². The molecule has 110 valence electrons. The van der Waals surface area contributed by atoms with Gasteiger partial charge in [-0.15, -0.1) is 0 Å². The Morgan fingerprint density at radius 3 is 3.05 bits per heavy atom. The number of hydrogen-bond acceptors (Lipinski definition) is 3. The van der Waals surface area contributed by atoms with Crippen molar-refractivity contribution in [1.29, 1.82) is 0 Å². The quantitative estimate of drug-likeness (QED) is 0.935. The van der Waals surface area contributed by atoms with E-state index in [4.69, 9.17) is 5.73 Å². The molecular weight excluding hydrogens is 264 g/mol. The van der Waals surface area contributed by atoms with Crippen LogP contribution in [0.1, 0.15) is 29.4 Å². The van der Waals surface area contributed by atoms with E-state index in [0.29, 0.717) is 18.8 Å². The highest BCUT2D eigenvalue weighted by Gasteiger charge is 2.29. The van der Waals surface area contributed by atoms with Gasteiger partial charge in [-0.3, -0.25) is 4.79 Å². The number of nitrogens with zero attached hydrogens (tertiary/aromatic N) is 3. The molecule has 2 N–H and O–H groups in total. The first kappa shape index (κ1) is 13.8. The standard InChI is InChI=1S/C16H20N4O/c1-12-6-7-13-4-2-3-5-15(13)20(12)16(21)14-10-19(9-8-17)11-18-14/h2-5,10-12H,6-9,17H2,1H3. The number of carbonyl (C=O) groups excluding carboxylic acids is 1. The van der Waals surface area contributed by atoms with Crippen molar-refractivity contribution in [3.8, 4) is 0 Å². The molecule has 0 bridgehead atoms. The lowest BCUT2D eigenvalue weighted by atomic mass is 9.96. The molecule has 0 saturated heterocycles. The number of imidazole rings is 1. The van der Waals surface area contributed by atoms with Crippen LogP contribution < -0.4 is 10.6 Å². The molecule has 1 amide bonds. The van der Waals surface area contributed by atoms with E-state index in [9.17, 15) is 4.79 Å². The topological polar surface area (TPSA) is 64.2 Å². The Hall–Kier alpha value is -2.14. The van der Waals surface area contributed by atoms with Crippen LogP contribution in [-0.4, -0.2) is 28.0 Å². The van der Waals surface area contributed by atoms with E-state index in [1.165, 1.54) is 5.56 Å². The average molecular weight is 284 g/mol. The van der Waals surface area contributed by atoms with Gasteiger partial charge in [0.15, 0.2) is 0 Å². The fraction of sp³-hybridized carbons (Fsp3) is 0.375. The number of anilines is 1. The van der Waals surface area contributed by atoms with Crippen LogP contribution in [0.3, 0.4) is 0 Å². The lowest BCUT2D eigenvalue weighted by Gasteiger charge is -2.34. The number of amides is 1. The molecule has 21 heavy (non-hydrogen) atoms.